The first-order valence-electron chi connectivity index (χ1n) is 9.09. The molecule has 1 fully saturated rings. The summed E-state index contributed by atoms with van der Waals surface area (Å²) in [4.78, 5) is 26.6. The standard InChI is InChI=1S/C21H23FN2O4/c1-27-14-9-10-16(19(12-14)28-2)18-8-5-11-24(18)20(25)13-23-21(26)15-6-3-4-7-17(15)22/h3-4,6-7,9-10,12,18H,5,8,11,13H2,1-2H3,(H,23,26)/t18-/m1/s1. The molecule has 0 aliphatic carbocycles. The Labute approximate surface area is 163 Å². The molecule has 2 aromatic rings. The Morgan fingerprint density at radius 2 is 1.96 bits per heavy atom. The quantitative estimate of drug-likeness (QED) is 0.829. The van der Waals surface area contributed by atoms with E-state index < -0.39 is 11.7 Å². The van der Waals surface area contributed by atoms with Gasteiger partial charge in [-0.2, -0.15) is 0 Å². The van der Waals surface area contributed by atoms with Crippen molar-refractivity contribution in [3.8, 4) is 11.5 Å². The second kappa shape index (κ2) is 8.73. The summed E-state index contributed by atoms with van der Waals surface area (Å²) >= 11 is 0. The largest absolute Gasteiger partial charge is 0.497 e. The van der Waals surface area contributed by atoms with Crippen LogP contribution in [0.3, 0.4) is 0 Å². The maximum absolute atomic E-state index is 13.7. The molecule has 0 aromatic heterocycles. The van der Waals surface area contributed by atoms with Crippen molar-refractivity contribution in [3.63, 3.8) is 0 Å². The molecule has 1 aliphatic rings. The molecule has 0 unspecified atom stereocenters. The van der Waals surface area contributed by atoms with Crippen LogP contribution < -0.4 is 14.8 Å². The summed E-state index contributed by atoms with van der Waals surface area (Å²) in [5.41, 5.74) is 0.819. The van der Waals surface area contributed by atoms with Crippen LogP contribution in [0.5, 0.6) is 11.5 Å². The molecule has 3 rings (SSSR count). The van der Waals surface area contributed by atoms with Gasteiger partial charge in [0.05, 0.1) is 32.4 Å². The van der Waals surface area contributed by atoms with Gasteiger partial charge in [-0.25, -0.2) is 4.39 Å². The number of halogens is 1. The van der Waals surface area contributed by atoms with Crippen molar-refractivity contribution in [1.82, 2.24) is 10.2 Å². The molecule has 2 amide bonds. The van der Waals surface area contributed by atoms with Crippen LogP contribution >= 0.6 is 0 Å². The van der Waals surface area contributed by atoms with Crippen LogP contribution in [0, 0.1) is 5.82 Å². The Balaban J connectivity index is 1.70. The van der Waals surface area contributed by atoms with Gasteiger partial charge in [0.2, 0.25) is 5.91 Å². The van der Waals surface area contributed by atoms with Crippen LogP contribution in [0.4, 0.5) is 4.39 Å². The lowest BCUT2D eigenvalue weighted by molar-refractivity contribution is -0.131. The Morgan fingerprint density at radius 3 is 2.68 bits per heavy atom. The number of ether oxygens (including phenoxy) is 2. The second-order valence-corrected chi connectivity index (χ2v) is 6.52. The second-order valence-electron chi connectivity index (χ2n) is 6.52. The van der Waals surface area contributed by atoms with Crippen molar-refractivity contribution in [2.24, 2.45) is 0 Å². The third-order valence-electron chi connectivity index (χ3n) is 4.89. The molecule has 28 heavy (non-hydrogen) atoms. The molecule has 1 aliphatic heterocycles. The first-order valence-corrected chi connectivity index (χ1v) is 9.09. The molecule has 0 spiro atoms. The Hall–Kier alpha value is -3.09. The van der Waals surface area contributed by atoms with Gasteiger partial charge in [0.15, 0.2) is 0 Å². The predicted octanol–water partition coefficient (Wildman–Crippen LogP) is 2.94. The number of hydrogen-bond acceptors (Lipinski definition) is 4. The third kappa shape index (κ3) is 4.08. The molecule has 0 bridgehead atoms. The molecular weight excluding hydrogens is 363 g/mol. The highest BCUT2D eigenvalue weighted by Gasteiger charge is 2.32. The first-order chi connectivity index (χ1) is 13.5. The van der Waals surface area contributed by atoms with E-state index in [0.29, 0.717) is 18.0 Å². The molecule has 7 heteroatoms. The topological polar surface area (TPSA) is 67.9 Å². The number of methoxy groups -OCH3 is 2. The average molecular weight is 386 g/mol. The van der Waals surface area contributed by atoms with Gasteiger partial charge in [-0.05, 0) is 37.1 Å². The van der Waals surface area contributed by atoms with Crippen LogP contribution in [0.2, 0.25) is 0 Å². The monoisotopic (exact) mass is 386 g/mol. The highest BCUT2D eigenvalue weighted by molar-refractivity contribution is 5.96. The molecular formula is C21H23FN2O4. The van der Waals surface area contributed by atoms with Gasteiger partial charge in [-0.15, -0.1) is 0 Å². The number of carbonyl (C=O) groups excluding carboxylic acids is 2. The number of hydrogen-bond donors (Lipinski definition) is 1. The molecule has 148 valence electrons. The third-order valence-corrected chi connectivity index (χ3v) is 4.89. The van der Waals surface area contributed by atoms with Gasteiger partial charge in [0, 0.05) is 18.2 Å². The Morgan fingerprint density at radius 1 is 1.18 bits per heavy atom. The number of carbonyl (C=O) groups is 2. The van der Waals surface area contributed by atoms with Crippen molar-refractivity contribution in [2.75, 3.05) is 27.3 Å². The fourth-order valence-corrected chi connectivity index (χ4v) is 3.48. The molecule has 0 saturated carbocycles. The zero-order chi connectivity index (χ0) is 20.1. The van der Waals surface area contributed by atoms with E-state index in [0.717, 1.165) is 18.4 Å². The van der Waals surface area contributed by atoms with Crippen LogP contribution in [0.25, 0.3) is 0 Å². The highest BCUT2D eigenvalue weighted by Crippen LogP contribution is 2.38. The SMILES string of the molecule is COc1ccc([C@H]2CCCN2C(=O)CNC(=O)c2ccccc2F)c(OC)c1. The van der Waals surface area contributed by atoms with Crippen molar-refractivity contribution in [3.05, 3.63) is 59.4 Å². The van der Waals surface area contributed by atoms with E-state index in [1.165, 1.54) is 18.2 Å². The van der Waals surface area contributed by atoms with Crippen molar-refractivity contribution < 1.29 is 23.5 Å². The number of nitrogens with one attached hydrogen (secondary N) is 1. The lowest BCUT2D eigenvalue weighted by Gasteiger charge is -2.26. The summed E-state index contributed by atoms with van der Waals surface area (Å²) in [6, 6.07) is 11.1. The van der Waals surface area contributed by atoms with Gasteiger partial charge < -0.3 is 19.7 Å². The summed E-state index contributed by atoms with van der Waals surface area (Å²) in [5.74, 6) is -0.114. The van der Waals surface area contributed by atoms with E-state index in [2.05, 4.69) is 5.32 Å². The van der Waals surface area contributed by atoms with Gasteiger partial charge in [-0.1, -0.05) is 12.1 Å². The van der Waals surface area contributed by atoms with Crippen LogP contribution in [-0.2, 0) is 4.79 Å². The van der Waals surface area contributed by atoms with Crippen LogP contribution in [0.1, 0.15) is 34.8 Å². The van der Waals surface area contributed by atoms with E-state index in [9.17, 15) is 14.0 Å². The van der Waals surface area contributed by atoms with Crippen LogP contribution in [0.15, 0.2) is 42.5 Å². The number of nitrogens with zero attached hydrogens (tertiary/aromatic N) is 1. The average Bonchev–Trinajstić information content (AvgIpc) is 3.21. The fraction of sp³-hybridized carbons (Fsp3) is 0.333. The minimum atomic E-state index is -0.616. The lowest BCUT2D eigenvalue weighted by Crippen LogP contribution is -2.40. The van der Waals surface area contributed by atoms with E-state index in [1.807, 2.05) is 12.1 Å². The van der Waals surface area contributed by atoms with Crippen molar-refractivity contribution in [1.29, 1.82) is 0 Å². The zero-order valence-corrected chi connectivity index (χ0v) is 15.9. The highest BCUT2D eigenvalue weighted by atomic mass is 19.1. The predicted molar refractivity (Wildman–Crippen MR) is 102 cm³/mol. The zero-order valence-electron chi connectivity index (χ0n) is 15.9. The summed E-state index contributed by atoms with van der Waals surface area (Å²) < 4.78 is 24.4. The van der Waals surface area contributed by atoms with E-state index in [4.69, 9.17) is 9.47 Å². The molecule has 1 heterocycles. The van der Waals surface area contributed by atoms with Gasteiger partial charge in [0.1, 0.15) is 17.3 Å². The number of benzene rings is 2. The molecule has 2 aromatic carbocycles. The lowest BCUT2D eigenvalue weighted by atomic mass is 10.0. The smallest absolute Gasteiger partial charge is 0.254 e. The number of amides is 2. The maximum Gasteiger partial charge on any atom is 0.254 e. The number of likely N-dealkylation sites (tertiary alicyclic amines) is 1. The van der Waals surface area contributed by atoms with E-state index in [1.54, 1.807) is 31.3 Å². The fourth-order valence-electron chi connectivity index (χ4n) is 3.48. The number of rotatable bonds is 6. The maximum atomic E-state index is 13.7. The van der Waals surface area contributed by atoms with E-state index in [-0.39, 0.29) is 24.1 Å². The van der Waals surface area contributed by atoms with Crippen LogP contribution in [-0.4, -0.2) is 44.0 Å². The summed E-state index contributed by atoms with van der Waals surface area (Å²) in [6.45, 7) is 0.399. The minimum absolute atomic E-state index is 0.0786. The Kier molecular flexibility index (Phi) is 6.13. The van der Waals surface area contributed by atoms with Crippen molar-refractivity contribution >= 4 is 11.8 Å². The van der Waals surface area contributed by atoms with Gasteiger partial charge in [-0.3, -0.25) is 9.59 Å². The van der Waals surface area contributed by atoms with Crippen molar-refractivity contribution in [2.45, 2.75) is 18.9 Å². The molecule has 6 nitrogen and oxygen atoms in total. The van der Waals surface area contributed by atoms with Gasteiger partial charge in [0.25, 0.3) is 5.91 Å². The molecule has 1 atom stereocenters. The normalized spacial score (nSPS) is 16.0. The molecule has 1 N–H and O–H groups in total. The minimum Gasteiger partial charge on any atom is -0.497 e. The summed E-state index contributed by atoms with van der Waals surface area (Å²) in [5, 5.41) is 2.51. The molecule has 0 radical (unpaired) electrons. The first kappa shape index (κ1) is 19.7. The summed E-state index contributed by atoms with van der Waals surface area (Å²) in [6.07, 6.45) is 1.66. The summed E-state index contributed by atoms with van der Waals surface area (Å²) in [7, 11) is 3.16. The van der Waals surface area contributed by atoms with Gasteiger partial charge >= 0.3 is 0 Å². The Bertz CT molecular complexity index is 871. The molecule has 1 saturated heterocycles. The van der Waals surface area contributed by atoms with E-state index >= 15 is 0 Å².